The van der Waals surface area contributed by atoms with Gasteiger partial charge in [0.1, 0.15) is 0 Å². The summed E-state index contributed by atoms with van der Waals surface area (Å²) in [6.07, 6.45) is -0.417. The van der Waals surface area contributed by atoms with Crippen LogP contribution < -0.4 is 69.3 Å². The fraction of sp³-hybridized carbons (Fsp3) is 0.800. The van der Waals surface area contributed by atoms with Gasteiger partial charge in [-0.2, -0.15) is 0 Å². The van der Waals surface area contributed by atoms with Crippen molar-refractivity contribution in [1.29, 1.82) is 0 Å². The Kier molecular flexibility index (Phi) is 15.7. The van der Waals surface area contributed by atoms with Crippen molar-refractivity contribution in [3.63, 3.8) is 0 Å². The fourth-order valence-corrected chi connectivity index (χ4v) is 1.93. The Morgan fingerprint density at radius 1 is 1.46 bits per heavy atom. The van der Waals surface area contributed by atoms with Crippen LogP contribution in [0.15, 0.2) is 0 Å². The van der Waals surface area contributed by atoms with E-state index in [4.69, 9.17) is 0 Å². The van der Waals surface area contributed by atoms with Crippen molar-refractivity contribution in [1.82, 2.24) is 0 Å². The van der Waals surface area contributed by atoms with Gasteiger partial charge in [0, 0.05) is 7.37 Å². The second-order valence-corrected chi connectivity index (χ2v) is 4.54. The van der Waals surface area contributed by atoms with Gasteiger partial charge >= 0.3 is 65.1 Å². The average molecular weight is 226 g/mol. The third-order valence-electron chi connectivity index (χ3n) is 1.03. The van der Waals surface area contributed by atoms with E-state index in [0.717, 1.165) is 0 Å². The van der Waals surface area contributed by atoms with Crippen LogP contribution in [0.25, 0.3) is 0 Å². The minimum atomic E-state index is -3.69. The zero-order valence-electron chi connectivity index (χ0n) is 8.11. The van der Waals surface area contributed by atoms with Crippen molar-refractivity contribution in [3.8, 4) is 0 Å². The van der Waals surface area contributed by atoms with E-state index in [1.807, 2.05) is 0 Å². The second-order valence-electron chi connectivity index (χ2n) is 2.15. The van der Waals surface area contributed by atoms with Crippen molar-refractivity contribution in [2.45, 2.75) is 13.3 Å². The molecule has 0 saturated carbocycles. The average Bonchev–Trinajstić information content (AvgIpc) is 1.86. The molecule has 66 valence electrons. The van der Waals surface area contributed by atoms with E-state index >= 15 is 0 Å². The molecule has 0 fully saturated rings. The van der Waals surface area contributed by atoms with E-state index in [1.54, 1.807) is 6.92 Å². The van der Waals surface area contributed by atoms with Gasteiger partial charge in [-0.25, -0.2) is 0 Å². The number of rotatable bonds is 4. The molecule has 0 rings (SSSR count). The first-order chi connectivity index (χ1) is 5.02. The Hall–Kier alpha value is 1.62. The van der Waals surface area contributed by atoms with Gasteiger partial charge in [-0.05, 0) is 6.16 Å². The van der Waals surface area contributed by atoms with Crippen molar-refractivity contribution in [2.75, 3.05) is 12.3 Å². The third-order valence-corrected chi connectivity index (χ3v) is 2.90. The molecule has 0 spiro atoms. The molecule has 13 heavy (non-hydrogen) atoms. The van der Waals surface area contributed by atoms with Crippen molar-refractivity contribution < 1.29 is 83.5 Å². The smallest absolute Gasteiger partial charge is 0.799 e. The van der Waals surface area contributed by atoms with Gasteiger partial charge in [0.05, 0.1) is 6.16 Å². The Morgan fingerprint density at radius 3 is 2.23 bits per heavy atom. The van der Waals surface area contributed by atoms with Gasteiger partial charge < -0.3 is 19.6 Å². The SMILES string of the molecule is CCCP(=O)([O-])CC(=O)O[O-].[Na+].[Na+]. The summed E-state index contributed by atoms with van der Waals surface area (Å²) in [6.45, 7) is 1.67. The van der Waals surface area contributed by atoms with E-state index in [1.165, 1.54) is 0 Å². The zero-order chi connectivity index (χ0) is 8.91. The van der Waals surface area contributed by atoms with Gasteiger partial charge in [0.25, 0.3) is 0 Å². The molecule has 0 amide bonds. The summed E-state index contributed by atoms with van der Waals surface area (Å²) < 4.78 is 10.8. The topological polar surface area (TPSA) is 89.5 Å². The van der Waals surface area contributed by atoms with Crippen LogP contribution >= 0.6 is 7.37 Å². The number of carbonyl (C=O) groups excluding carboxylic acids is 1. The summed E-state index contributed by atoms with van der Waals surface area (Å²) in [6, 6.07) is 0. The van der Waals surface area contributed by atoms with Gasteiger partial charge in [0.2, 0.25) is 0 Å². The summed E-state index contributed by atoms with van der Waals surface area (Å²) in [5, 5.41) is 9.40. The summed E-state index contributed by atoms with van der Waals surface area (Å²) >= 11 is 0. The molecule has 0 radical (unpaired) electrons. The van der Waals surface area contributed by atoms with Gasteiger partial charge in [-0.3, -0.25) is 4.79 Å². The van der Waals surface area contributed by atoms with E-state index in [2.05, 4.69) is 4.89 Å². The molecule has 0 aromatic carbocycles. The Bertz CT molecular complexity index is 186. The summed E-state index contributed by atoms with van der Waals surface area (Å²) in [7, 11) is -3.69. The van der Waals surface area contributed by atoms with E-state index in [9.17, 15) is 19.5 Å². The molecular weight excluding hydrogens is 217 g/mol. The summed E-state index contributed by atoms with van der Waals surface area (Å²) in [4.78, 5) is 24.0. The number of hydrogen-bond donors (Lipinski definition) is 0. The predicted octanol–water partition coefficient (Wildman–Crippen LogP) is -7.14. The Labute approximate surface area is 121 Å². The van der Waals surface area contributed by atoms with Crippen molar-refractivity contribution >= 4 is 13.3 Å². The largest absolute Gasteiger partial charge is 1.00 e. The molecule has 0 aliphatic carbocycles. The van der Waals surface area contributed by atoms with Crippen LogP contribution in [0.5, 0.6) is 0 Å². The van der Waals surface area contributed by atoms with E-state index in [0.29, 0.717) is 6.42 Å². The molecule has 0 bridgehead atoms. The van der Waals surface area contributed by atoms with Crippen molar-refractivity contribution in [2.24, 2.45) is 0 Å². The minimum Gasteiger partial charge on any atom is -0.799 e. The molecule has 0 aliphatic rings. The number of hydrogen-bond acceptors (Lipinski definition) is 5. The quantitative estimate of drug-likeness (QED) is 0.205. The van der Waals surface area contributed by atoms with Crippen LogP contribution in [0.2, 0.25) is 0 Å². The minimum absolute atomic E-state index is 0. The van der Waals surface area contributed by atoms with Gasteiger partial charge in [-0.1, -0.05) is 13.3 Å². The monoisotopic (exact) mass is 226 g/mol. The Morgan fingerprint density at radius 2 is 1.92 bits per heavy atom. The molecular formula is C5H9Na2O5P. The molecule has 0 aliphatic heterocycles. The Balaban J connectivity index is -0.000000500. The first kappa shape index (κ1) is 20.1. The molecule has 0 N–H and O–H groups in total. The molecule has 1 unspecified atom stereocenters. The zero-order valence-corrected chi connectivity index (χ0v) is 13.0. The predicted molar refractivity (Wildman–Crippen MR) is 33.7 cm³/mol. The normalized spacial score (nSPS) is 13.2. The summed E-state index contributed by atoms with van der Waals surface area (Å²) in [5.41, 5.74) is 0. The molecule has 1 atom stereocenters. The standard InChI is InChI=1S/C5H11O5P.2Na/c1-2-3-11(8,9)4-5(6)10-7;;/h7H,2-4H2,1H3,(H,8,9);;/q;2*+1/p-2. The molecule has 0 aromatic rings. The third kappa shape index (κ3) is 11.5. The van der Waals surface area contributed by atoms with Crippen LogP contribution in [0.3, 0.4) is 0 Å². The fourth-order valence-electron chi connectivity index (χ4n) is 0.643. The van der Waals surface area contributed by atoms with Gasteiger partial charge in [-0.15, -0.1) is 0 Å². The second kappa shape index (κ2) is 10.1. The molecule has 0 heterocycles. The molecule has 5 nitrogen and oxygen atoms in total. The van der Waals surface area contributed by atoms with Crippen LogP contribution in [-0.4, -0.2) is 18.3 Å². The molecule has 0 saturated heterocycles. The maximum Gasteiger partial charge on any atom is 1.00 e. The van der Waals surface area contributed by atoms with Crippen LogP contribution in [0, 0.1) is 0 Å². The van der Waals surface area contributed by atoms with Crippen LogP contribution in [-0.2, 0) is 14.2 Å². The van der Waals surface area contributed by atoms with Crippen molar-refractivity contribution in [3.05, 3.63) is 0 Å². The van der Waals surface area contributed by atoms with Crippen LogP contribution in [0.1, 0.15) is 13.3 Å². The maximum atomic E-state index is 10.8. The first-order valence-corrected chi connectivity index (χ1v) is 5.13. The number of carbonyl (C=O) groups is 1. The van der Waals surface area contributed by atoms with E-state index < -0.39 is 19.5 Å². The molecule has 0 aromatic heterocycles. The van der Waals surface area contributed by atoms with E-state index in [-0.39, 0.29) is 65.3 Å². The summed E-state index contributed by atoms with van der Waals surface area (Å²) in [5.74, 6) is -1.24. The van der Waals surface area contributed by atoms with Gasteiger partial charge in [0.15, 0.2) is 0 Å². The first-order valence-electron chi connectivity index (χ1n) is 3.13. The van der Waals surface area contributed by atoms with Crippen LogP contribution in [0.4, 0.5) is 0 Å². The maximum absolute atomic E-state index is 10.8. The molecule has 8 heteroatoms.